The summed E-state index contributed by atoms with van der Waals surface area (Å²) >= 11 is 0. The highest BCUT2D eigenvalue weighted by Gasteiger charge is 2.47. The Balaban J connectivity index is 1.87. The lowest BCUT2D eigenvalue weighted by atomic mass is 9.69. The van der Waals surface area contributed by atoms with Gasteiger partial charge in [0.05, 0.1) is 18.8 Å². The predicted molar refractivity (Wildman–Crippen MR) is 114 cm³/mol. The van der Waals surface area contributed by atoms with Gasteiger partial charge in [0, 0.05) is 22.9 Å². The van der Waals surface area contributed by atoms with Gasteiger partial charge in [0.25, 0.3) is 0 Å². The number of methoxy groups -OCH3 is 1. The smallest absolute Gasteiger partial charge is 0.337 e. The third-order valence-corrected chi connectivity index (χ3v) is 6.04. The molecule has 0 saturated heterocycles. The van der Waals surface area contributed by atoms with Crippen LogP contribution in [0.2, 0.25) is 0 Å². The second-order valence-electron chi connectivity index (χ2n) is 8.60. The van der Waals surface area contributed by atoms with Crippen molar-refractivity contribution in [2.24, 2.45) is 11.8 Å². The second-order valence-corrected chi connectivity index (χ2v) is 8.60. The van der Waals surface area contributed by atoms with E-state index in [1.54, 1.807) is 32.9 Å². The highest BCUT2D eigenvalue weighted by atomic mass is 16.7. The summed E-state index contributed by atoms with van der Waals surface area (Å²) in [5.74, 6) is -2.18. The van der Waals surface area contributed by atoms with E-state index in [2.05, 4.69) is 5.32 Å². The van der Waals surface area contributed by atoms with Gasteiger partial charge in [-0.2, -0.15) is 0 Å². The largest absolute Gasteiger partial charge is 0.468 e. The summed E-state index contributed by atoms with van der Waals surface area (Å²) < 4.78 is 21.4. The molecule has 0 amide bonds. The summed E-state index contributed by atoms with van der Waals surface area (Å²) in [7, 11) is 1.27. The number of ether oxygens (including phenoxy) is 4. The van der Waals surface area contributed by atoms with Crippen LogP contribution in [0.1, 0.15) is 45.6 Å². The number of dihydropyridines is 1. The second kappa shape index (κ2) is 8.33. The molecule has 2 heterocycles. The van der Waals surface area contributed by atoms with E-state index >= 15 is 0 Å². The van der Waals surface area contributed by atoms with Gasteiger partial charge in [0.2, 0.25) is 6.79 Å². The Labute approximate surface area is 186 Å². The maximum atomic E-state index is 13.7. The summed E-state index contributed by atoms with van der Waals surface area (Å²) in [5, 5.41) is 3.24. The molecule has 0 spiro atoms. The van der Waals surface area contributed by atoms with Crippen molar-refractivity contribution in [3.05, 3.63) is 46.3 Å². The van der Waals surface area contributed by atoms with Crippen LogP contribution >= 0.6 is 0 Å². The number of ketones is 1. The van der Waals surface area contributed by atoms with Gasteiger partial charge in [-0.3, -0.25) is 9.59 Å². The summed E-state index contributed by atoms with van der Waals surface area (Å²) in [6, 6.07) is 5.34. The Morgan fingerprint density at radius 2 is 1.91 bits per heavy atom. The van der Waals surface area contributed by atoms with Crippen LogP contribution in [-0.2, 0) is 23.9 Å². The first-order valence-corrected chi connectivity index (χ1v) is 10.7. The van der Waals surface area contributed by atoms with Gasteiger partial charge in [0.15, 0.2) is 17.3 Å². The number of fused-ring (bicyclic) bond motifs is 1. The van der Waals surface area contributed by atoms with Crippen LogP contribution in [0.25, 0.3) is 0 Å². The molecule has 32 heavy (non-hydrogen) atoms. The molecule has 170 valence electrons. The topological polar surface area (TPSA) is 100 Å². The molecule has 2 aliphatic heterocycles. The molecule has 0 fully saturated rings. The fourth-order valence-corrected chi connectivity index (χ4v) is 4.65. The SMILES string of the molecule is COC(=O)[C@@H]1C(=O)C2=C(C[C@H]1C)NC(C)=C(C(=O)OC(C)C)[C@H]2c1ccc2c(c1)OCO2. The molecule has 0 radical (unpaired) electrons. The number of rotatable bonds is 4. The number of hydrogen-bond donors (Lipinski definition) is 1. The quantitative estimate of drug-likeness (QED) is 0.562. The lowest BCUT2D eigenvalue weighted by molar-refractivity contribution is -0.151. The zero-order valence-electron chi connectivity index (χ0n) is 18.8. The molecule has 0 saturated carbocycles. The highest BCUT2D eigenvalue weighted by molar-refractivity contribution is 6.12. The maximum absolute atomic E-state index is 13.7. The number of esters is 2. The van der Waals surface area contributed by atoms with E-state index in [9.17, 15) is 14.4 Å². The molecule has 0 unspecified atom stereocenters. The Morgan fingerprint density at radius 3 is 2.59 bits per heavy atom. The van der Waals surface area contributed by atoms with Gasteiger partial charge in [0.1, 0.15) is 5.92 Å². The van der Waals surface area contributed by atoms with Crippen molar-refractivity contribution in [1.82, 2.24) is 5.32 Å². The number of nitrogens with one attached hydrogen (secondary N) is 1. The molecule has 3 atom stereocenters. The standard InChI is InChI=1S/C24H27NO7/c1-11(2)32-24(28)19-13(4)25-15-8-12(3)18(23(27)29-5)22(26)21(15)20(19)14-6-7-16-17(9-14)31-10-30-16/h6-7,9,11-12,18,20,25H,8,10H2,1-5H3/t12-,18+,20-/m1/s1. The molecule has 1 aliphatic carbocycles. The van der Waals surface area contributed by atoms with E-state index in [0.29, 0.717) is 46.0 Å². The highest BCUT2D eigenvalue weighted by Crippen LogP contribution is 2.47. The number of hydrogen-bond acceptors (Lipinski definition) is 8. The first kappa shape index (κ1) is 21.9. The van der Waals surface area contributed by atoms with Crippen LogP contribution in [0.15, 0.2) is 40.7 Å². The average molecular weight is 441 g/mol. The lowest BCUT2D eigenvalue weighted by Crippen LogP contribution is -2.43. The molecular weight excluding hydrogens is 414 g/mol. The molecule has 3 aliphatic rings. The van der Waals surface area contributed by atoms with E-state index in [1.807, 2.05) is 13.0 Å². The molecular formula is C24H27NO7. The van der Waals surface area contributed by atoms with Crippen LogP contribution in [0.4, 0.5) is 0 Å². The molecule has 4 rings (SSSR count). The number of Topliss-reactive ketones (excluding diaryl/α,β-unsaturated/α-hetero) is 1. The van der Waals surface area contributed by atoms with Crippen molar-refractivity contribution in [3.63, 3.8) is 0 Å². The number of carbonyl (C=O) groups is 3. The van der Waals surface area contributed by atoms with Gasteiger partial charge in [-0.05, 0) is 50.8 Å². The Morgan fingerprint density at radius 1 is 1.19 bits per heavy atom. The average Bonchev–Trinajstić information content (AvgIpc) is 3.19. The van der Waals surface area contributed by atoms with Crippen molar-refractivity contribution in [1.29, 1.82) is 0 Å². The Bertz CT molecular complexity index is 1050. The minimum atomic E-state index is -0.933. The van der Waals surface area contributed by atoms with E-state index < -0.39 is 23.8 Å². The van der Waals surface area contributed by atoms with Crippen LogP contribution < -0.4 is 14.8 Å². The third kappa shape index (κ3) is 3.63. The summed E-state index contributed by atoms with van der Waals surface area (Å²) in [4.78, 5) is 39.3. The molecule has 8 nitrogen and oxygen atoms in total. The first-order valence-electron chi connectivity index (χ1n) is 10.7. The lowest BCUT2D eigenvalue weighted by Gasteiger charge is -2.38. The van der Waals surface area contributed by atoms with Gasteiger partial charge in [-0.25, -0.2) is 4.79 Å². The fraction of sp³-hybridized carbons (Fsp3) is 0.458. The Kier molecular flexibility index (Phi) is 5.71. The van der Waals surface area contributed by atoms with Gasteiger partial charge >= 0.3 is 11.9 Å². The number of allylic oxidation sites excluding steroid dienone is 3. The molecule has 1 aromatic carbocycles. The van der Waals surface area contributed by atoms with Gasteiger partial charge in [-0.1, -0.05) is 13.0 Å². The molecule has 0 aromatic heterocycles. The third-order valence-electron chi connectivity index (χ3n) is 6.04. The van der Waals surface area contributed by atoms with Crippen LogP contribution in [-0.4, -0.2) is 37.7 Å². The fourth-order valence-electron chi connectivity index (χ4n) is 4.65. The first-order chi connectivity index (χ1) is 15.2. The van der Waals surface area contributed by atoms with E-state index in [4.69, 9.17) is 18.9 Å². The normalized spacial score (nSPS) is 24.3. The van der Waals surface area contributed by atoms with Crippen molar-refractivity contribution in [3.8, 4) is 11.5 Å². The zero-order valence-corrected chi connectivity index (χ0v) is 18.8. The number of carbonyl (C=O) groups excluding carboxylic acids is 3. The van der Waals surface area contributed by atoms with Gasteiger partial charge in [-0.15, -0.1) is 0 Å². The molecule has 1 N–H and O–H groups in total. The maximum Gasteiger partial charge on any atom is 0.337 e. The minimum Gasteiger partial charge on any atom is -0.468 e. The monoisotopic (exact) mass is 441 g/mol. The van der Waals surface area contributed by atoms with Crippen LogP contribution in [0.5, 0.6) is 11.5 Å². The number of benzene rings is 1. The van der Waals surface area contributed by atoms with Crippen molar-refractivity contribution in [2.75, 3.05) is 13.9 Å². The van der Waals surface area contributed by atoms with E-state index in [-0.39, 0.29) is 24.6 Å². The van der Waals surface area contributed by atoms with Crippen LogP contribution in [0, 0.1) is 11.8 Å². The molecule has 1 aromatic rings. The van der Waals surface area contributed by atoms with Gasteiger partial charge < -0.3 is 24.3 Å². The van der Waals surface area contributed by atoms with E-state index in [0.717, 1.165) is 0 Å². The molecule has 0 bridgehead atoms. The predicted octanol–water partition coefficient (Wildman–Crippen LogP) is 2.98. The van der Waals surface area contributed by atoms with Crippen LogP contribution in [0.3, 0.4) is 0 Å². The Hall–Kier alpha value is -3.29. The summed E-state index contributed by atoms with van der Waals surface area (Å²) in [6.45, 7) is 7.29. The molecule has 8 heteroatoms. The summed E-state index contributed by atoms with van der Waals surface area (Å²) in [5.41, 5.74) is 2.74. The van der Waals surface area contributed by atoms with E-state index in [1.165, 1.54) is 7.11 Å². The van der Waals surface area contributed by atoms with Crippen molar-refractivity contribution >= 4 is 17.7 Å². The van der Waals surface area contributed by atoms with Crippen molar-refractivity contribution < 1.29 is 33.3 Å². The summed E-state index contributed by atoms with van der Waals surface area (Å²) in [6.07, 6.45) is 0.145. The minimum absolute atomic E-state index is 0.108. The zero-order chi connectivity index (χ0) is 23.2. The van der Waals surface area contributed by atoms with Crippen molar-refractivity contribution in [2.45, 2.75) is 46.1 Å².